The van der Waals surface area contributed by atoms with Crippen molar-refractivity contribution >= 4 is 52.0 Å². The van der Waals surface area contributed by atoms with Crippen LogP contribution < -0.4 is 35.2 Å². The average molecular weight is 543 g/mol. The first kappa shape index (κ1) is 28.8. The van der Waals surface area contributed by atoms with E-state index in [2.05, 4.69) is 16.6 Å². The van der Waals surface area contributed by atoms with Crippen LogP contribution in [-0.4, -0.2) is 43.6 Å². The van der Waals surface area contributed by atoms with Gasteiger partial charge in [0, 0.05) is 43.9 Å². The molecule has 0 radical (unpaired) electrons. The molecule has 0 saturated carbocycles. The van der Waals surface area contributed by atoms with E-state index in [1.54, 1.807) is 31.0 Å². The molecule has 1 aromatic heterocycles. The Hall–Kier alpha value is -4.80. The number of benzene rings is 2. The third-order valence-corrected chi connectivity index (χ3v) is 7.05. The van der Waals surface area contributed by atoms with E-state index in [0.29, 0.717) is 15.9 Å². The number of terminal acetylenes is 1. The number of aryl methyl sites for hydroxylation is 1. The molecule has 3 aromatic rings. The fourth-order valence-corrected chi connectivity index (χ4v) is 4.86. The lowest BCUT2D eigenvalue weighted by molar-refractivity contribution is -0.117. The maximum absolute atomic E-state index is 13.0. The topological polar surface area (TPSA) is 110 Å². The number of carbonyl (C=O) groups excluding carboxylic acids is 2. The largest absolute Gasteiger partial charge is 0.365 e. The summed E-state index contributed by atoms with van der Waals surface area (Å²) in [6.07, 6.45) is 6.72. The van der Waals surface area contributed by atoms with Crippen LogP contribution in [0.1, 0.15) is 12.5 Å². The lowest BCUT2D eigenvalue weighted by atomic mass is 10.2. The van der Waals surface area contributed by atoms with Crippen LogP contribution in [0.4, 0.5) is 17.1 Å². The molecule has 2 aromatic carbocycles. The van der Waals surface area contributed by atoms with Crippen molar-refractivity contribution in [3.05, 3.63) is 73.6 Å². The third kappa shape index (κ3) is 6.95. The van der Waals surface area contributed by atoms with Crippen molar-refractivity contribution < 1.29 is 9.59 Å². The number of amides is 2. The minimum Gasteiger partial charge on any atom is -0.365 e. The van der Waals surface area contributed by atoms with E-state index in [-0.39, 0.29) is 41.3 Å². The van der Waals surface area contributed by atoms with Gasteiger partial charge in [-0.3, -0.25) is 19.0 Å². The van der Waals surface area contributed by atoms with Gasteiger partial charge in [-0.05, 0) is 49.7 Å². The normalized spacial score (nSPS) is 11.7. The first-order chi connectivity index (χ1) is 18.7. The zero-order valence-electron chi connectivity index (χ0n) is 22.3. The quantitative estimate of drug-likeness (QED) is 0.398. The minimum atomic E-state index is -0.633. The summed E-state index contributed by atoms with van der Waals surface area (Å²) in [6.45, 7) is 4.22. The van der Waals surface area contributed by atoms with Gasteiger partial charge in [0.15, 0.2) is 5.57 Å². The van der Waals surface area contributed by atoms with Crippen molar-refractivity contribution in [1.29, 1.82) is 5.26 Å². The molecule has 2 amide bonds. The Bertz CT molecular complexity index is 1640. The molecule has 2 N–H and O–H groups in total. The maximum atomic E-state index is 13.0. The van der Waals surface area contributed by atoms with E-state index in [1.165, 1.54) is 10.8 Å². The number of carbonyl (C=O) groups is 2. The van der Waals surface area contributed by atoms with Crippen molar-refractivity contribution in [3.63, 3.8) is 0 Å². The molecule has 200 valence electrons. The first-order valence-electron chi connectivity index (χ1n) is 12.2. The molecular formula is C29H30N6O3S. The number of nitrogens with one attached hydrogen (secondary N) is 2. The molecule has 0 aliphatic heterocycles. The molecule has 9 nitrogen and oxygen atoms in total. The van der Waals surface area contributed by atoms with Crippen LogP contribution in [0.25, 0.3) is 11.8 Å². The van der Waals surface area contributed by atoms with E-state index < -0.39 is 5.91 Å². The van der Waals surface area contributed by atoms with Gasteiger partial charge in [0.1, 0.15) is 15.3 Å². The molecule has 0 bridgehead atoms. The number of hydrogen-bond acceptors (Lipinski definition) is 7. The molecule has 0 unspecified atom stereocenters. The lowest BCUT2D eigenvalue weighted by Crippen LogP contribution is -2.36. The summed E-state index contributed by atoms with van der Waals surface area (Å²) < 4.78 is 1.95. The SMILES string of the molecule is C#CCNC(=O)/C(C#N)=c1\s/c(=C/Nc2cccc(N(C)C(=O)CN(C)c3cccc(C)c3)c2)c(=O)n1CC. The Morgan fingerprint density at radius 1 is 1.15 bits per heavy atom. The van der Waals surface area contributed by atoms with Gasteiger partial charge in [0.2, 0.25) is 5.91 Å². The zero-order chi connectivity index (χ0) is 28.5. The highest BCUT2D eigenvalue weighted by atomic mass is 32.1. The van der Waals surface area contributed by atoms with Gasteiger partial charge in [0.25, 0.3) is 11.5 Å². The third-order valence-electron chi connectivity index (χ3n) is 5.92. The highest BCUT2D eigenvalue weighted by molar-refractivity contribution is 7.07. The standard InChI is InChI=1S/C29H30N6O3S/c1-6-14-31-27(37)24(17-30)29-35(7-2)28(38)25(39-29)18-32-21-11-9-13-23(16-21)34(5)26(36)19-33(4)22-12-8-10-20(3)15-22/h1,8-13,15-16,18,32H,7,14,19H2,2-5H3,(H,31,37)/b25-18+,29-24-. The molecule has 10 heteroatoms. The predicted octanol–water partition coefficient (Wildman–Crippen LogP) is 1.61. The summed E-state index contributed by atoms with van der Waals surface area (Å²) in [4.78, 5) is 41.8. The van der Waals surface area contributed by atoms with Gasteiger partial charge in [-0.15, -0.1) is 17.8 Å². The van der Waals surface area contributed by atoms with Gasteiger partial charge in [-0.25, -0.2) is 0 Å². The van der Waals surface area contributed by atoms with Crippen LogP contribution in [0.15, 0.2) is 53.3 Å². The van der Waals surface area contributed by atoms with E-state index >= 15 is 0 Å². The summed E-state index contributed by atoms with van der Waals surface area (Å²) in [7, 11) is 3.59. The number of nitrogens with zero attached hydrogens (tertiary/aromatic N) is 4. The minimum absolute atomic E-state index is 0.0260. The summed E-state index contributed by atoms with van der Waals surface area (Å²) in [6, 6.07) is 17.1. The fourth-order valence-electron chi connectivity index (χ4n) is 3.77. The van der Waals surface area contributed by atoms with Gasteiger partial charge in [-0.2, -0.15) is 5.26 Å². The highest BCUT2D eigenvalue weighted by Crippen LogP contribution is 2.20. The first-order valence-corrected chi connectivity index (χ1v) is 13.0. The molecule has 0 saturated heterocycles. The monoisotopic (exact) mass is 542 g/mol. The number of likely N-dealkylation sites (N-methyl/N-ethyl adjacent to an activating group) is 2. The number of nitriles is 1. The van der Waals surface area contributed by atoms with Crippen molar-refractivity contribution in [2.45, 2.75) is 20.4 Å². The van der Waals surface area contributed by atoms with Gasteiger partial charge in [-0.1, -0.05) is 24.1 Å². The molecule has 3 rings (SSSR count). The van der Waals surface area contributed by atoms with Crippen LogP contribution >= 0.6 is 11.3 Å². The van der Waals surface area contributed by atoms with Gasteiger partial charge >= 0.3 is 0 Å². The number of aromatic nitrogens is 1. The Morgan fingerprint density at radius 3 is 2.54 bits per heavy atom. The number of hydrogen-bond donors (Lipinski definition) is 2. The van der Waals surface area contributed by atoms with Crippen LogP contribution in [0.5, 0.6) is 0 Å². The molecule has 39 heavy (non-hydrogen) atoms. The van der Waals surface area contributed by atoms with Crippen LogP contribution in [0, 0.1) is 30.6 Å². The van der Waals surface area contributed by atoms with Gasteiger partial charge in [0.05, 0.1) is 13.1 Å². The Morgan fingerprint density at radius 2 is 1.87 bits per heavy atom. The van der Waals surface area contributed by atoms with E-state index in [4.69, 9.17) is 6.42 Å². The summed E-state index contributed by atoms with van der Waals surface area (Å²) in [5.41, 5.74) is 2.91. The molecule has 0 aliphatic carbocycles. The summed E-state index contributed by atoms with van der Waals surface area (Å²) >= 11 is 1.04. The predicted molar refractivity (Wildman–Crippen MR) is 157 cm³/mol. The van der Waals surface area contributed by atoms with E-state index in [0.717, 1.165) is 22.6 Å². The van der Waals surface area contributed by atoms with Crippen LogP contribution in [0.3, 0.4) is 0 Å². The highest BCUT2D eigenvalue weighted by Gasteiger charge is 2.16. The summed E-state index contributed by atoms with van der Waals surface area (Å²) in [5, 5.41) is 15.1. The van der Waals surface area contributed by atoms with Crippen LogP contribution in [-0.2, 0) is 16.1 Å². The molecule has 0 atom stereocenters. The van der Waals surface area contributed by atoms with Gasteiger partial charge < -0.3 is 20.4 Å². The molecule has 0 fully saturated rings. The summed E-state index contributed by atoms with van der Waals surface area (Å²) in [5.74, 6) is 1.57. The number of anilines is 3. The molecule has 0 aliphatic rings. The smallest absolute Gasteiger partial charge is 0.270 e. The second kappa shape index (κ2) is 13.1. The second-order valence-corrected chi connectivity index (χ2v) is 9.71. The van der Waals surface area contributed by atoms with Crippen LogP contribution in [0.2, 0.25) is 0 Å². The lowest BCUT2D eigenvalue weighted by Gasteiger charge is -2.24. The zero-order valence-corrected chi connectivity index (χ0v) is 23.1. The van der Waals surface area contributed by atoms with E-state index in [1.807, 2.05) is 61.3 Å². The van der Waals surface area contributed by atoms with Crippen molar-refractivity contribution in [2.24, 2.45) is 0 Å². The van der Waals surface area contributed by atoms with Crippen molar-refractivity contribution in [3.8, 4) is 18.4 Å². The maximum Gasteiger partial charge on any atom is 0.270 e. The number of rotatable bonds is 9. The molecular weight excluding hydrogens is 512 g/mol. The molecule has 0 spiro atoms. The molecule has 1 heterocycles. The second-order valence-electron chi connectivity index (χ2n) is 8.68. The van der Waals surface area contributed by atoms with Crippen molar-refractivity contribution in [1.82, 2.24) is 9.88 Å². The Labute approximate surface area is 231 Å². The average Bonchev–Trinajstić information content (AvgIpc) is 3.25. The van der Waals surface area contributed by atoms with E-state index in [9.17, 15) is 19.6 Å². The number of thiazole rings is 1. The Balaban J connectivity index is 1.84. The van der Waals surface area contributed by atoms with Crippen molar-refractivity contribution in [2.75, 3.05) is 42.3 Å². The fraction of sp³-hybridized carbons (Fsp3) is 0.241. The Kier molecular flexibility index (Phi) is 9.69.